The third-order valence-corrected chi connectivity index (χ3v) is 4.36. The molecule has 1 N–H and O–H groups in total. The van der Waals surface area contributed by atoms with Gasteiger partial charge in [-0.05, 0) is 30.6 Å². The number of hydrogen-bond acceptors (Lipinski definition) is 3. The van der Waals surface area contributed by atoms with Gasteiger partial charge >= 0.3 is 0 Å². The second-order valence-corrected chi connectivity index (χ2v) is 6.48. The molecule has 0 spiro atoms. The lowest BCUT2D eigenvalue weighted by Crippen LogP contribution is -2.30. The minimum atomic E-state index is -0.384. The maximum Gasteiger partial charge on any atom is 0.262 e. The molecule has 1 aliphatic heterocycles. The summed E-state index contributed by atoms with van der Waals surface area (Å²) in [7, 11) is 0. The van der Waals surface area contributed by atoms with Gasteiger partial charge in [-0.15, -0.1) is 0 Å². The van der Waals surface area contributed by atoms with Crippen molar-refractivity contribution in [3.63, 3.8) is 0 Å². The largest absolute Gasteiger partial charge is 0.345 e. The summed E-state index contributed by atoms with van der Waals surface area (Å²) in [5, 5.41) is 12.8. The van der Waals surface area contributed by atoms with E-state index in [-0.39, 0.29) is 23.4 Å². The maximum absolute atomic E-state index is 12.6. The molecule has 1 aromatic carbocycles. The number of allylic oxidation sites excluding steroid dienone is 2. The zero-order valence-electron chi connectivity index (χ0n) is 14.5. The monoisotopic (exact) mass is 355 g/mol. The van der Waals surface area contributed by atoms with Crippen LogP contribution in [0.2, 0.25) is 0 Å². The number of rotatable bonds is 6. The Morgan fingerprint density at radius 3 is 2.84 bits per heavy atom. The van der Waals surface area contributed by atoms with Gasteiger partial charge in [0.05, 0.1) is 6.04 Å². The number of halogens is 1. The number of benzene rings is 1. The predicted octanol–water partition coefficient (Wildman–Crippen LogP) is 4.65. The van der Waals surface area contributed by atoms with E-state index in [1.807, 2.05) is 49.4 Å². The molecule has 1 aliphatic rings. The normalized spacial score (nSPS) is 18.6. The molecule has 1 heterocycles. The van der Waals surface area contributed by atoms with Crippen molar-refractivity contribution in [1.29, 1.82) is 5.26 Å². The van der Waals surface area contributed by atoms with Crippen LogP contribution in [0.5, 0.6) is 0 Å². The molecular formula is C20H22ClN3O. The lowest BCUT2D eigenvalue weighted by molar-refractivity contribution is -0.117. The summed E-state index contributed by atoms with van der Waals surface area (Å²) in [6.45, 7) is 4.06. The smallest absolute Gasteiger partial charge is 0.262 e. The van der Waals surface area contributed by atoms with E-state index in [0.29, 0.717) is 10.9 Å². The van der Waals surface area contributed by atoms with Gasteiger partial charge in [0.15, 0.2) is 0 Å². The van der Waals surface area contributed by atoms with Gasteiger partial charge in [0.2, 0.25) is 0 Å². The molecule has 130 valence electrons. The fourth-order valence-electron chi connectivity index (χ4n) is 2.68. The molecule has 0 saturated carbocycles. The fraction of sp³-hybridized carbons (Fsp3) is 0.350. The number of amides is 1. The molecule has 5 heteroatoms. The van der Waals surface area contributed by atoms with E-state index >= 15 is 0 Å². The molecular weight excluding hydrogens is 334 g/mol. The van der Waals surface area contributed by atoms with Crippen molar-refractivity contribution >= 4 is 23.2 Å². The van der Waals surface area contributed by atoms with E-state index in [1.54, 1.807) is 6.08 Å². The van der Waals surface area contributed by atoms with Crippen molar-refractivity contribution in [3.05, 3.63) is 58.8 Å². The molecule has 2 atom stereocenters. The van der Waals surface area contributed by atoms with Crippen LogP contribution < -0.4 is 5.32 Å². The molecule has 0 aliphatic carbocycles. The van der Waals surface area contributed by atoms with Crippen LogP contribution >= 0.6 is 11.6 Å². The number of nitrogens with one attached hydrogen (secondary N) is 1. The zero-order valence-corrected chi connectivity index (χ0v) is 15.3. The van der Waals surface area contributed by atoms with Crippen LogP contribution in [0, 0.1) is 17.2 Å². The third-order valence-electron chi connectivity index (χ3n) is 4.12. The van der Waals surface area contributed by atoms with Crippen LogP contribution in [0.15, 0.2) is 58.2 Å². The Morgan fingerprint density at radius 1 is 1.48 bits per heavy atom. The number of hydrogen-bond donors (Lipinski definition) is 1. The Labute approximate surface area is 153 Å². The minimum Gasteiger partial charge on any atom is -0.345 e. The Hall–Kier alpha value is -2.38. The number of aliphatic imine (C=N–C) groups is 1. The van der Waals surface area contributed by atoms with E-state index < -0.39 is 0 Å². The molecule has 0 radical (unpaired) electrons. The second-order valence-electron chi connectivity index (χ2n) is 6.10. The van der Waals surface area contributed by atoms with Gasteiger partial charge in [0, 0.05) is 11.6 Å². The van der Waals surface area contributed by atoms with Gasteiger partial charge in [0.1, 0.15) is 16.8 Å². The highest BCUT2D eigenvalue weighted by atomic mass is 35.5. The van der Waals surface area contributed by atoms with Gasteiger partial charge in [-0.1, -0.05) is 62.2 Å². The lowest BCUT2D eigenvalue weighted by atomic mass is 9.97. The molecule has 0 aromatic heterocycles. The summed E-state index contributed by atoms with van der Waals surface area (Å²) in [5.41, 5.74) is 1.74. The summed E-state index contributed by atoms with van der Waals surface area (Å²) < 4.78 is 0. The zero-order chi connectivity index (χ0) is 18.2. The number of carbonyl (C=O) groups is 1. The van der Waals surface area contributed by atoms with Crippen LogP contribution in [0.25, 0.3) is 0 Å². The van der Waals surface area contributed by atoms with Crippen LogP contribution in [-0.4, -0.2) is 11.6 Å². The van der Waals surface area contributed by atoms with E-state index in [0.717, 1.165) is 24.8 Å². The number of nitrogens with zero attached hydrogens (tertiary/aromatic N) is 2. The predicted molar refractivity (Wildman–Crippen MR) is 101 cm³/mol. The lowest BCUT2D eigenvalue weighted by Gasteiger charge is -2.19. The first-order chi connectivity index (χ1) is 12.0. The van der Waals surface area contributed by atoms with Crippen molar-refractivity contribution in [2.75, 3.05) is 0 Å². The topological polar surface area (TPSA) is 65.2 Å². The first-order valence-electron chi connectivity index (χ1n) is 8.47. The van der Waals surface area contributed by atoms with Crippen molar-refractivity contribution < 1.29 is 4.79 Å². The Morgan fingerprint density at radius 2 is 2.20 bits per heavy atom. The van der Waals surface area contributed by atoms with Gasteiger partial charge in [0.25, 0.3) is 5.91 Å². The standard InChI is InChI=1S/C20H22ClN3O/c1-3-7-17(15-8-5-4-6-9-15)24-20(25)16(13-22)12-18-14(2)10-11-19(21)23-18/h4-6,8-9,11-12,14,17H,3,7,10H2,1-2H3,(H,24,25)/b16-12+/t14?,17-/m0/s1. The molecule has 1 aromatic rings. The third kappa shape index (κ3) is 5.30. The summed E-state index contributed by atoms with van der Waals surface area (Å²) in [6.07, 6.45) is 5.86. The van der Waals surface area contributed by atoms with Gasteiger partial charge < -0.3 is 5.32 Å². The Balaban J connectivity index is 2.20. The molecule has 4 nitrogen and oxygen atoms in total. The van der Waals surface area contributed by atoms with Crippen molar-refractivity contribution in [2.24, 2.45) is 10.9 Å². The van der Waals surface area contributed by atoms with Crippen molar-refractivity contribution in [1.82, 2.24) is 5.32 Å². The second kappa shape index (κ2) is 9.19. The van der Waals surface area contributed by atoms with E-state index in [1.165, 1.54) is 0 Å². The Bertz CT molecular complexity index is 744. The Kier molecular flexibility index (Phi) is 6.97. The highest BCUT2D eigenvalue weighted by molar-refractivity contribution is 6.30. The van der Waals surface area contributed by atoms with Crippen LogP contribution in [0.4, 0.5) is 0 Å². The average molecular weight is 356 g/mol. The molecule has 0 saturated heterocycles. The van der Waals surface area contributed by atoms with Crippen molar-refractivity contribution in [2.45, 2.75) is 39.2 Å². The quantitative estimate of drug-likeness (QED) is 0.458. The molecule has 0 bridgehead atoms. The molecule has 1 amide bonds. The summed E-state index contributed by atoms with van der Waals surface area (Å²) in [5.74, 6) is -0.260. The van der Waals surface area contributed by atoms with Crippen LogP contribution in [0.1, 0.15) is 44.7 Å². The molecule has 25 heavy (non-hydrogen) atoms. The van der Waals surface area contributed by atoms with Gasteiger partial charge in [-0.2, -0.15) is 5.26 Å². The fourth-order valence-corrected chi connectivity index (χ4v) is 2.86. The molecule has 0 fully saturated rings. The van der Waals surface area contributed by atoms with E-state index in [4.69, 9.17) is 11.6 Å². The van der Waals surface area contributed by atoms with Gasteiger partial charge in [-0.25, -0.2) is 4.99 Å². The summed E-state index contributed by atoms with van der Waals surface area (Å²) >= 11 is 5.95. The minimum absolute atomic E-state index is 0.0500. The SMILES string of the molecule is CCC[C@H](NC(=O)/C(C#N)=C/C1=NC(Cl)=CCC1C)c1ccccc1. The number of carbonyl (C=O) groups excluding carboxylic acids is 1. The highest BCUT2D eigenvalue weighted by Crippen LogP contribution is 2.22. The van der Waals surface area contributed by atoms with Gasteiger partial charge in [-0.3, -0.25) is 4.79 Å². The van der Waals surface area contributed by atoms with Crippen LogP contribution in [-0.2, 0) is 4.79 Å². The van der Waals surface area contributed by atoms with Crippen molar-refractivity contribution in [3.8, 4) is 6.07 Å². The summed E-state index contributed by atoms with van der Waals surface area (Å²) in [6, 6.07) is 11.7. The number of nitriles is 1. The van der Waals surface area contributed by atoms with E-state index in [2.05, 4.69) is 17.2 Å². The maximum atomic E-state index is 12.6. The summed E-state index contributed by atoms with van der Waals surface area (Å²) in [4.78, 5) is 16.8. The molecule has 2 rings (SSSR count). The average Bonchev–Trinajstić information content (AvgIpc) is 2.62. The van der Waals surface area contributed by atoms with E-state index in [9.17, 15) is 10.1 Å². The van der Waals surface area contributed by atoms with Crippen LogP contribution in [0.3, 0.4) is 0 Å². The molecule has 1 unspecified atom stereocenters. The first-order valence-corrected chi connectivity index (χ1v) is 8.84. The highest BCUT2D eigenvalue weighted by Gasteiger charge is 2.19. The first kappa shape index (κ1) is 19.0.